The van der Waals surface area contributed by atoms with Gasteiger partial charge in [-0.15, -0.1) is 0 Å². The lowest BCUT2D eigenvalue weighted by Crippen LogP contribution is -2.52. The molecule has 0 saturated carbocycles. The van der Waals surface area contributed by atoms with Crippen molar-refractivity contribution in [3.63, 3.8) is 0 Å². The largest absolute Gasteiger partial charge is 0.402 e. The second-order valence-electron chi connectivity index (χ2n) is 3.76. The molecule has 0 aromatic heterocycles. The Morgan fingerprint density at radius 3 is 1.56 bits per heavy atom. The van der Waals surface area contributed by atoms with Crippen molar-refractivity contribution >= 4 is 0 Å². The van der Waals surface area contributed by atoms with Crippen molar-refractivity contribution in [2.45, 2.75) is 38.7 Å². The molecule has 0 bridgehead atoms. The van der Waals surface area contributed by atoms with Crippen molar-refractivity contribution in [3.8, 4) is 0 Å². The SMILES string of the molecule is CCC(C)C(NC)C(C(F)(F)F)C(F)(F)F. The van der Waals surface area contributed by atoms with Gasteiger partial charge in [0.1, 0.15) is 0 Å². The monoisotopic (exact) mass is 251 g/mol. The summed E-state index contributed by atoms with van der Waals surface area (Å²) in [6.07, 6.45) is -10.3. The van der Waals surface area contributed by atoms with Crippen LogP contribution in [0.1, 0.15) is 20.3 Å². The van der Waals surface area contributed by atoms with E-state index in [9.17, 15) is 26.3 Å². The van der Waals surface area contributed by atoms with Gasteiger partial charge in [0.15, 0.2) is 5.92 Å². The number of hydrogen-bond donors (Lipinski definition) is 1. The second kappa shape index (κ2) is 5.25. The minimum Gasteiger partial charge on any atom is -0.316 e. The molecule has 0 saturated heterocycles. The topological polar surface area (TPSA) is 12.0 Å². The van der Waals surface area contributed by atoms with Crippen LogP contribution in [0.4, 0.5) is 26.3 Å². The van der Waals surface area contributed by atoms with Gasteiger partial charge in [-0.1, -0.05) is 20.3 Å². The Hall–Kier alpha value is -0.460. The summed E-state index contributed by atoms with van der Waals surface area (Å²) in [7, 11) is 1.11. The van der Waals surface area contributed by atoms with Crippen LogP contribution >= 0.6 is 0 Å². The van der Waals surface area contributed by atoms with E-state index in [2.05, 4.69) is 5.32 Å². The van der Waals surface area contributed by atoms with Crippen LogP contribution in [0.15, 0.2) is 0 Å². The Morgan fingerprint density at radius 2 is 1.38 bits per heavy atom. The molecule has 2 atom stereocenters. The normalized spacial score (nSPS) is 17.6. The zero-order valence-corrected chi connectivity index (χ0v) is 9.21. The number of hydrogen-bond acceptors (Lipinski definition) is 1. The minimum absolute atomic E-state index is 0.244. The van der Waals surface area contributed by atoms with Crippen LogP contribution in [-0.2, 0) is 0 Å². The molecule has 98 valence electrons. The highest BCUT2D eigenvalue weighted by molar-refractivity contribution is 4.88. The quantitative estimate of drug-likeness (QED) is 0.755. The third kappa shape index (κ3) is 3.84. The average molecular weight is 251 g/mol. The lowest BCUT2D eigenvalue weighted by Gasteiger charge is -2.33. The summed E-state index contributed by atoms with van der Waals surface area (Å²) in [4.78, 5) is 0. The molecule has 16 heavy (non-hydrogen) atoms. The molecule has 0 rings (SSSR count). The van der Waals surface area contributed by atoms with Crippen LogP contribution in [-0.4, -0.2) is 25.4 Å². The van der Waals surface area contributed by atoms with Crippen molar-refractivity contribution < 1.29 is 26.3 Å². The van der Waals surface area contributed by atoms with Crippen molar-refractivity contribution in [1.82, 2.24) is 5.32 Å². The van der Waals surface area contributed by atoms with E-state index in [0.717, 1.165) is 7.05 Å². The Labute approximate surface area is 90.2 Å². The van der Waals surface area contributed by atoms with E-state index in [4.69, 9.17) is 0 Å². The van der Waals surface area contributed by atoms with Gasteiger partial charge in [-0.2, -0.15) is 26.3 Å². The summed E-state index contributed by atoms with van der Waals surface area (Å²) in [6.45, 7) is 2.92. The molecule has 0 aromatic rings. The van der Waals surface area contributed by atoms with Gasteiger partial charge in [0.05, 0.1) is 0 Å². The number of halogens is 6. The molecule has 0 heterocycles. The summed E-state index contributed by atoms with van der Waals surface area (Å²) >= 11 is 0. The minimum atomic E-state index is -5.28. The Morgan fingerprint density at radius 1 is 1.00 bits per heavy atom. The summed E-state index contributed by atoms with van der Waals surface area (Å²) in [6, 6.07) is -1.65. The van der Waals surface area contributed by atoms with Gasteiger partial charge in [0.2, 0.25) is 0 Å². The van der Waals surface area contributed by atoms with Crippen LogP contribution in [0.2, 0.25) is 0 Å². The smallest absolute Gasteiger partial charge is 0.316 e. The van der Waals surface area contributed by atoms with Gasteiger partial charge in [0.25, 0.3) is 0 Å². The molecule has 0 radical (unpaired) electrons. The Balaban J connectivity index is 5.16. The second-order valence-corrected chi connectivity index (χ2v) is 3.76. The molecule has 0 aliphatic rings. The summed E-state index contributed by atoms with van der Waals surface area (Å²) in [5.41, 5.74) is 0. The van der Waals surface area contributed by atoms with Gasteiger partial charge in [-0.05, 0) is 13.0 Å². The molecule has 1 N–H and O–H groups in total. The fraction of sp³-hybridized carbons (Fsp3) is 1.00. The summed E-state index contributed by atoms with van der Waals surface area (Å²) in [5.74, 6) is -4.03. The molecule has 0 fully saturated rings. The van der Waals surface area contributed by atoms with E-state index in [-0.39, 0.29) is 6.42 Å². The fourth-order valence-corrected chi connectivity index (χ4v) is 1.63. The van der Waals surface area contributed by atoms with Crippen LogP contribution < -0.4 is 5.32 Å². The first kappa shape index (κ1) is 15.5. The molecule has 1 nitrogen and oxygen atoms in total. The molecule has 2 unspecified atom stereocenters. The first-order valence-electron chi connectivity index (χ1n) is 4.86. The number of nitrogens with one attached hydrogen (secondary N) is 1. The van der Waals surface area contributed by atoms with E-state index in [1.165, 1.54) is 6.92 Å². The van der Waals surface area contributed by atoms with E-state index >= 15 is 0 Å². The first-order valence-corrected chi connectivity index (χ1v) is 4.86. The highest BCUT2D eigenvalue weighted by Gasteiger charge is 2.60. The van der Waals surface area contributed by atoms with Gasteiger partial charge in [0, 0.05) is 6.04 Å². The Bertz CT molecular complexity index is 195. The molecular weight excluding hydrogens is 236 g/mol. The van der Waals surface area contributed by atoms with E-state index < -0.39 is 30.2 Å². The van der Waals surface area contributed by atoms with Crippen LogP contribution in [0, 0.1) is 11.8 Å². The van der Waals surface area contributed by atoms with Crippen molar-refractivity contribution in [2.75, 3.05) is 7.05 Å². The maximum Gasteiger partial charge on any atom is 0.402 e. The van der Waals surface area contributed by atoms with Crippen LogP contribution in [0.5, 0.6) is 0 Å². The highest BCUT2D eigenvalue weighted by Crippen LogP contribution is 2.43. The molecule has 7 heteroatoms. The zero-order valence-electron chi connectivity index (χ0n) is 9.21. The maximum atomic E-state index is 12.4. The van der Waals surface area contributed by atoms with Gasteiger partial charge < -0.3 is 5.32 Å². The summed E-state index contributed by atoms with van der Waals surface area (Å²) < 4.78 is 74.3. The van der Waals surface area contributed by atoms with Crippen LogP contribution in [0.25, 0.3) is 0 Å². The number of rotatable bonds is 4. The molecule has 0 aromatic carbocycles. The van der Waals surface area contributed by atoms with Gasteiger partial charge in [-0.25, -0.2) is 0 Å². The van der Waals surface area contributed by atoms with Gasteiger partial charge in [-0.3, -0.25) is 0 Å². The standard InChI is InChI=1S/C9H15F6N/c1-4-5(2)6(16-3)7(8(10,11)12)9(13,14)15/h5-7,16H,4H2,1-3H3. The molecule has 0 aliphatic heterocycles. The molecule has 0 spiro atoms. The molecule has 0 aliphatic carbocycles. The third-order valence-electron chi connectivity index (χ3n) is 2.65. The third-order valence-corrected chi connectivity index (χ3v) is 2.65. The Kier molecular flexibility index (Phi) is 5.10. The van der Waals surface area contributed by atoms with E-state index in [1.807, 2.05) is 0 Å². The summed E-state index contributed by atoms with van der Waals surface area (Å²) in [5, 5.41) is 2.13. The van der Waals surface area contributed by atoms with Crippen LogP contribution in [0.3, 0.4) is 0 Å². The van der Waals surface area contributed by atoms with Crippen molar-refractivity contribution in [3.05, 3.63) is 0 Å². The molecule has 0 amide bonds. The van der Waals surface area contributed by atoms with E-state index in [0.29, 0.717) is 0 Å². The lowest BCUT2D eigenvalue weighted by atomic mass is 9.87. The molecular formula is C9H15F6N. The fourth-order valence-electron chi connectivity index (χ4n) is 1.63. The average Bonchev–Trinajstić information content (AvgIpc) is 2.08. The van der Waals surface area contributed by atoms with Crippen molar-refractivity contribution in [2.24, 2.45) is 11.8 Å². The van der Waals surface area contributed by atoms with Gasteiger partial charge >= 0.3 is 12.4 Å². The zero-order chi connectivity index (χ0) is 13.1. The maximum absolute atomic E-state index is 12.4. The lowest BCUT2D eigenvalue weighted by molar-refractivity contribution is -0.294. The number of alkyl halides is 6. The van der Waals surface area contributed by atoms with E-state index in [1.54, 1.807) is 6.92 Å². The predicted molar refractivity (Wildman–Crippen MR) is 47.9 cm³/mol. The highest BCUT2D eigenvalue weighted by atomic mass is 19.4. The predicted octanol–water partition coefficient (Wildman–Crippen LogP) is 3.36. The van der Waals surface area contributed by atoms with Crippen molar-refractivity contribution in [1.29, 1.82) is 0 Å². The first-order chi connectivity index (χ1) is 7.05.